The van der Waals surface area contributed by atoms with E-state index in [4.69, 9.17) is 4.74 Å². The number of rotatable bonds is 6. The van der Waals surface area contributed by atoms with Crippen molar-refractivity contribution in [1.29, 1.82) is 0 Å². The van der Waals surface area contributed by atoms with Gasteiger partial charge in [-0.15, -0.1) is 0 Å². The second kappa shape index (κ2) is 7.00. The van der Waals surface area contributed by atoms with Crippen molar-refractivity contribution >= 4 is 5.97 Å². The van der Waals surface area contributed by atoms with E-state index in [9.17, 15) is 20.1 Å². The minimum absolute atomic E-state index is 0.0651. The number of phenols is 3. The molecular weight excluding hydrogens is 262 g/mol. The van der Waals surface area contributed by atoms with Crippen molar-refractivity contribution in [3.8, 4) is 17.2 Å². The molecule has 4 N–H and O–H groups in total. The largest absolute Gasteiger partial charge is 0.504 e. The summed E-state index contributed by atoms with van der Waals surface area (Å²) in [6.45, 7) is 4.05. The van der Waals surface area contributed by atoms with E-state index >= 15 is 0 Å². The fourth-order valence-electron chi connectivity index (χ4n) is 1.85. The van der Waals surface area contributed by atoms with Gasteiger partial charge in [-0.1, -0.05) is 26.3 Å². The van der Waals surface area contributed by atoms with Crippen molar-refractivity contribution in [3.05, 3.63) is 17.7 Å². The molecule has 0 aliphatic carbocycles. The monoisotopic (exact) mass is 283 g/mol. The summed E-state index contributed by atoms with van der Waals surface area (Å²) < 4.78 is 4.74. The van der Waals surface area contributed by atoms with E-state index in [2.05, 4.69) is 5.32 Å². The lowest BCUT2D eigenvalue weighted by atomic mass is 9.99. The van der Waals surface area contributed by atoms with Gasteiger partial charge in [-0.25, -0.2) is 0 Å². The molecule has 0 bridgehead atoms. The Balaban J connectivity index is 2.83. The van der Waals surface area contributed by atoms with Crippen LogP contribution in [0.25, 0.3) is 0 Å². The number of ether oxygens (including phenoxy) is 1. The van der Waals surface area contributed by atoms with Gasteiger partial charge in [0.15, 0.2) is 11.5 Å². The average Bonchev–Trinajstić information content (AvgIpc) is 2.46. The van der Waals surface area contributed by atoms with Crippen LogP contribution in [0.3, 0.4) is 0 Å². The summed E-state index contributed by atoms with van der Waals surface area (Å²) in [5.41, 5.74) is 0.387. The predicted molar refractivity (Wildman–Crippen MR) is 73.5 cm³/mol. The van der Waals surface area contributed by atoms with Crippen LogP contribution in [0.1, 0.15) is 25.8 Å². The Morgan fingerprint density at radius 3 is 2.50 bits per heavy atom. The summed E-state index contributed by atoms with van der Waals surface area (Å²) in [5, 5.41) is 31.4. The molecule has 0 radical (unpaired) electrons. The number of aromatic hydroxyl groups is 3. The molecule has 1 rings (SSSR count). The Kier molecular flexibility index (Phi) is 5.64. The highest BCUT2D eigenvalue weighted by atomic mass is 16.5. The normalized spacial score (nSPS) is 13.8. The van der Waals surface area contributed by atoms with Crippen LogP contribution in [0, 0.1) is 5.92 Å². The third-order valence-corrected chi connectivity index (χ3v) is 3.39. The molecule has 0 aliphatic heterocycles. The number of phenolic OH excluding ortho intramolecular Hbond substituents is 3. The highest BCUT2D eigenvalue weighted by Gasteiger charge is 2.24. The Morgan fingerprint density at radius 1 is 1.30 bits per heavy atom. The molecule has 20 heavy (non-hydrogen) atoms. The molecule has 2 unspecified atom stereocenters. The Labute approximate surface area is 118 Å². The number of hydrogen-bond donors (Lipinski definition) is 4. The summed E-state index contributed by atoms with van der Waals surface area (Å²) in [4.78, 5) is 11.7. The van der Waals surface area contributed by atoms with Crippen LogP contribution in [0.2, 0.25) is 0 Å². The quantitative estimate of drug-likeness (QED) is 0.466. The molecule has 0 aromatic heterocycles. The zero-order chi connectivity index (χ0) is 15.3. The van der Waals surface area contributed by atoms with Crippen molar-refractivity contribution in [3.63, 3.8) is 0 Å². The van der Waals surface area contributed by atoms with Gasteiger partial charge in [-0.2, -0.15) is 0 Å². The zero-order valence-electron chi connectivity index (χ0n) is 11.9. The lowest BCUT2D eigenvalue weighted by molar-refractivity contribution is -0.144. The van der Waals surface area contributed by atoms with E-state index in [0.29, 0.717) is 5.56 Å². The molecule has 6 heteroatoms. The minimum atomic E-state index is -0.567. The van der Waals surface area contributed by atoms with E-state index in [1.165, 1.54) is 19.2 Å². The summed E-state index contributed by atoms with van der Waals surface area (Å²) in [5.74, 6) is -1.66. The number of esters is 1. The van der Waals surface area contributed by atoms with Crippen LogP contribution < -0.4 is 5.32 Å². The summed E-state index contributed by atoms with van der Waals surface area (Å²) in [7, 11) is 1.32. The first-order chi connectivity index (χ1) is 9.42. The fourth-order valence-corrected chi connectivity index (χ4v) is 1.85. The van der Waals surface area contributed by atoms with Gasteiger partial charge in [-0.05, 0) is 12.0 Å². The van der Waals surface area contributed by atoms with Gasteiger partial charge in [0.25, 0.3) is 0 Å². The van der Waals surface area contributed by atoms with Gasteiger partial charge in [0.05, 0.1) is 7.11 Å². The number of carbonyl (C=O) groups excluding carboxylic acids is 1. The lowest BCUT2D eigenvalue weighted by Crippen LogP contribution is -2.42. The van der Waals surface area contributed by atoms with Crippen LogP contribution in [-0.2, 0) is 16.1 Å². The summed E-state index contributed by atoms with van der Waals surface area (Å²) in [6, 6.07) is 2.26. The predicted octanol–water partition coefficient (Wildman–Crippen LogP) is 1.48. The third kappa shape index (κ3) is 3.54. The maximum Gasteiger partial charge on any atom is 0.323 e. The van der Waals surface area contributed by atoms with E-state index in [1.54, 1.807) is 0 Å². The van der Waals surface area contributed by atoms with E-state index in [-0.39, 0.29) is 18.4 Å². The molecular formula is C14H21NO5. The molecule has 0 aliphatic rings. The number of hydrogen-bond acceptors (Lipinski definition) is 6. The van der Waals surface area contributed by atoms with Crippen molar-refractivity contribution in [2.45, 2.75) is 32.9 Å². The second-order valence-electron chi connectivity index (χ2n) is 4.71. The third-order valence-electron chi connectivity index (χ3n) is 3.39. The topological polar surface area (TPSA) is 99.0 Å². The van der Waals surface area contributed by atoms with Gasteiger partial charge in [0, 0.05) is 12.1 Å². The molecule has 0 saturated carbocycles. The Bertz CT molecular complexity index is 475. The maximum atomic E-state index is 11.7. The Hall–Kier alpha value is -1.95. The van der Waals surface area contributed by atoms with Gasteiger partial charge >= 0.3 is 5.97 Å². The SMILES string of the molecule is CCC(C)C(NCc1ccc(O)c(O)c1O)C(=O)OC. The van der Waals surface area contributed by atoms with Crippen LogP contribution in [0.5, 0.6) is 17.2 Å². The van der Waals surface area contributed by atoms with Crippen molar-refractivity contribution < 1.29 is 24.9 Å². The first kappa shape index (κ1) is 16.1. The summed E-state index contributed by atoms with van der Waals surface area (Å²) >= 11 is 0. The molecule has 0 saturated heterocycles. The molecule has 112 valence electrons. The standard InChI is InChI=1S/C14H21NO5/c1-4-8(2)11(14(19)20-3)15-7-9-5-6-10(16)13(18)12(9)17/h5-6,8,11,15-18H,4,7H2,1-3H3. The number of benzene rings is 1. The number of carbonyl (C=O) groups is 1. The van der Waals surface area contributed by atoms with E-state index < -0.39 is 23.3 Å². The molecule has 6 nitrogen and oxygen atoms in total. The van der Waals surface area contributed by atoms with Crippen molar-refractivity contribution in [2.24, 2.45) is 5.92 Å². The molecule has 0 spiro atoms. The van der Waals surface area contributed by atoms with Crippen LogP contribution in [0.15, 0.2) is 12.1 Å². The van der Waals surface area contributed by atoms with Gasteiger partial charge in [-0.3, -0.25) is 10.1 Å². The first-order valence-corrected chi connectivity index (χ1v) is 6.46. The Morgan fingerprint density at radius 2 is 1.95 bits per heavy atom. The van der Waals surface area contributed by atoms with Gasteiger partial charge in [0.2, 0.25) is 5.75 Å². The average molecular weight is 283 g/mol. The zero-order valence-corrected chi connectivity index (χ0v) is 11.9. The molecule has 2 atom stereocenters. The number of nitrogens with one attached hydrogen (secondary N) is 1. The van der Waals surface area contributed by atoms with Gasteiger partial charge < -0.3 is 20.1 Å². The van der Waals surface area contributed by atoms with Crippen LogP contribution in [-0.4, -0.2) is 34.4 Å². The van der Waals surface area contributed by atoms with Crippen molar-refractivity contribution in [1.82, 2.24) is 5.32 Å². The molecule has 0 amide bonds. The minimum Gasteiger partial charge on any atom is -0.504 e. The van der Waals surface area contributed by atoms with Crippen molar-refractivity contribution in [2.75, 3.05) is 7.11 Å². The summed E-state index contributed by atoms with van der Waals surface area (Å²) in [6.07, 6.45) is 0.791. The molecule has 1 aromatic rings. The lowest BCUT2D eigenvalue weighted by Gasteiger charge is -2.22. The van der Waals surface area contributed by atoms with Crippen LogP contribution >= 0.6 is 0 Å². The fraction of sp³-hybridized carbons (Fsp3) is 0.500. The van der Waals surface area contributed by atoms with Crippen LogP contribution in [0.4, 0.5) is 0 Å². The molecule has 0 fully saturated rings. The highest BCUT2D eigenvalue weighted by molar-refractivity contribution is 5.76. The number of methoxy groups -OCH3 is 1. The highest BCUT2D eigenvalue weighted by Crippen LogP contribution is 2.36. The molecule has 1 aromatic carbocycles. The van der Waals surface area contributed by atoms with E-state index in [0.717, 1.165) is 6.42 Å². The van der Waals surface area contributed by atoms with Gasteiger partial charge in [0.1, 0.15) is 6.04 Å². The molecule has 0 heterocycles. The maximum absolute atomic E-state index is 11.7. The second-order valence-corrected chi connectivity index (χ2v) is 4.71. The van der Waals surface area contributed by atoms with E-state index in [1.807, 2.05) is 13.8 Å². The smallest absolute Gasteiger partial charge is 0.323 e. The first-order valence-electron chi connectivity index (χ1n) is 6.46.